The molecule has 36 heavy (non-hydrogen) atoms. The number of nitrogens with one attached hydrogen (secondary N) is 1. The van der Waals surface area contributed by atoms with Crippen molar-refractivity contribution < 1.29 is 14.3 Å². The van der Waals surface area contributed by atoms with Gasteiger partial charge in [-0.25, -0.2) is 0 Å². The summed E-state index contributed by atoms with van der Waals surface area (Å²) in [6.07, 6.45) is 0. The van der Waals surface area contributed by atoms with E-state index in [9.17, 15) is 4.79 Å². The molecule has 6 nitrogen and oxygen atoms in total. The van der Waals surface area contributed by atoms with Gasteiger partial charge in [-0.15, -0.1) is 0 Å². The molecule has 0 atom stereocenters. The Kier molecular flexibility index (Phi) is 8.57. The minimum Gasteiger partial charge on any atom is -0.493 e. The minimum atomic E-state index is -0.220. The molecule has 0 spiro atoms. The summed E-state index contributed by atoms with van der Waals surface area (Å²) in [6, 6.07) is 22.1. The average molecular weight is 504 g/mol. The predicted octanol–water partition coefficient (Wildman–Crippen LogP) is 4.82. The fourth-order valence-electron chi connectivity index (χ4n) is 4.38. The number of carbonyl (C=O) groups excluding carboxylic acids is 1. The van der Waals surface area contributed by atoms with Crippen LogP contribution >= 0.6 is 12.2 Å². The van der Waals surface area contributed by atoms with E-state index in [4.69, 9.17) is 21.7 Å². The highest BCUT2D eigenvalue weighted by Gasteiger charge is 2.21. The smallest absolute Gasteiger partial charge is 0.262 e. The van der Waals surface area contributed by atoms with E-state index < -0.39 is 0 Å². The molecule has 3 aromatic rings. The van der Waals surface area contributed by atoms with Gasteiger partial charge in [0, 0.05) is 44.0 Å². The Labute approximate surface area is 218 Å². The van der Waals surface area contributed by atoms with Crippen molar-refractivity contribution in [1.82, 2.24) is 9.80 Å². The highest BCUT2D eigenvalue weighted by atomic mass is 32.1. The summed E-state index contributed by atoms with van der Waals surface area (Å²) >= 11 is 5.81. The number of nitrogens with zero attached hydrogens (tertiary/aromatic N) is 2. The summed E-state index contributed by atoms with van der Waals surface area (Å²) in [5.74, 6) is 0.841. The standard InChI is InChI=1S/C29H33N3O3S/c1-21-8-7-9-22(2)28(21)30-27(33)20-35-25-13-12-24(18-26(25)34-3)29(36)32-16-14-31(15-17-32)19-23-10-5-4-6-11-23/h4-13,18H,14-17,19-20H2,1-3H3,(H,30,33). The number of carbonyl (C=O) groups is 1. The van der Waals surface area contributed by atoms with E-state index in [0.717, 1.165) is 60.1 Å². The van der Waals surface area contributed by atoms with Crippen LogP contribution in [-0.2, 0) is 11.3 Å². The van der Waals surface area contributed by atoms with E-state index in [1.54, 1.807) is 7.11 Å². The molecule has 0 aliphatic carbocycles. The van der Waals surface area contributed by atoms with Gasteiger partial charge in [0.25, 0.3) is 5.91 Å². The topological polar surface area (TPSA) is 54.0 Å². The number of methoxy groups -OCH3 is 1. The number of ether oxygens (including phenoxy) is 2. The molecule has 1 heterocycles. The Balaban J connectivity index is 1.32. The molecule has 1 aliphatic heterocycles. The molecule has 1 aliphatic rings. The van der Waals surface area contributed by atoms with E-state index in [-0.39, 0.29) is 12.5 Å². The van der Waals surface area contributed by atoms with Gasteiger partial charge in [-0.2, -0.15) is 0 Å². The molecule has 188 valence electrons. The first kappa shape index (κ1) is 25.7. The molecule has 0 unspecified atom stereocenters. The van der Waals surface area contributed by atoms with E-state index in [1.807, 2.05) is 56.3 Å². The largest absolute Gasteiger partial charge is 0.493 e. The summed E-state index contributed by atoms with van der Waals surface area (Å²) in [7, 11) is 1.59. The van der Waals surface area contributed by atoms with Crippen molar-refractivity contribution in [3.63, 3.8) is 0 Å². The lowest BCUT2D eigenvalue weighted by atomic mass is 10.1. The maximum absolute atomic E-state index is 12.5. The number of para-hydroxylation sites is 1. The highest BCUT2D eigenvalue weighted by Crippen LogP contribution is 2.29. The average Bonchev–Trinajstić information content (AvgIpc) is 2.90. The van der Waals surface area contributed by atoms with Crippen molar-refractivity contribution in [2.75, 3.05) is 45.2 Å². The van der Waals surface area contributed by atoms with Crippen molar-refractivity contribution in [3.05, 3.63) is 89.0 Å². The maximum atomic E-state index is 12.5. The molecule has 1 saturated heterocycles. The second kappa shape index (κ2) is 12.0. The highest BCUT2D eigenvalue weighted by molar-refractivity contribution is 7.80. The lowest BCUT2D eigenvalue weighted by Gasteiger charge is -2.36. The number of thiocarbonyl (C=S) groups is 1. The van der Waals surface area contributed by atoms with E-state index in [0.29, 0.717) is 11.5 Å². The number of benzene rings is 3. The predicted molar refractivity (Wildman–Crippen MR) is 148 cm³/mol. The number of hydrogen-bond donors (Lipinski definition) is 1. The Morgan fingerprint density at radius 1 is 0.917 bits per heavy atom. The van der Waals surface area contributed by atoms with Crippen molar-refractivity contribution in [3.8, 4) is 11.5 Å². The van der Waals surface area contributed by atoms with Crippen LogP contribution in [0.4, 0.5) is 5.69 Å². The van der Waals surface area contributed by atoms with Crippen molar-refractivity contribution in [2.24, 2.45) is 0 Å². The monoisotopic (exact) mass is 503 g/mol. The first-order chi connectivity index (χ1) is 17.4. The SMILES string of the molecule is COc1cc(C(=S)N2CCN(Cc3ccccc3)CC2)ccc1OCC(=O)Nc1c(C)cccc1C. The minimum absolute atomic E-state index is 0.114. The zero-order valence-corrected chi connectivity index (χ0v) is 21.9. The number of aryl methyl sites for hydroxylation is 2. The van der Waals surface area contributed by atoms with Crippen LogP contribution in [0.5, 0.6) is 11.5 Å². The summed E-state index contributed by atoms with van der Waals surface area (Å²) < 4.78 is 11.3. The molecule has 3 aromatic carbocycles. The summed E-state index contributed by atoms with van der Waals surface area (Å²) in [4.78, 5) is 18.0. The molecule has 1 N–H and O–H groups in total. The fraction of sp³-hybridized carbons (Fsp3) is 0.310. The molecule has 1 fully saturated rings. The summed E-state index contributed by atoms with van der Waals surface area (Å²) in [5, 5.41) is 2.94. The van der Waals surface area contributed by atoms with Gasteiger partial charge >= 0.3 is 0 Å². The zero-order chi connectivity index (χ0) is 25.5. The lowest BCUT2D eigenvalue weighted by molar-refractivity contribution is -0.118. The number of rotatable bonds is 8. The molecule has 0 aromatic heterocycles. The second-order valence-electron chi connectivity index (χ2n) is 9.02. The molecule has 7 heteroatoms. The van der Waals surface area contributed by atoms with Crippen LogP contribution in [0.3, 0.4) is 0 Å². The first-order valence-corrected chi connectivity index (χ1v) is 12.6. The van der Waals surface area contributed by atoms with Gasteiger partial charge in [0.1, 0.15) is 4.99 Å². The van der Waals surface area contributed by atoms with Crippen LogP contribution in [0.1, 0.15) is 22.3 Å². The van der Waals surface area contributed by atoms with E-state index in [1.165, 1.54) is 5.56 Å². The number of hydrogen-bond acceptors (Lipinski definition) is 5. The summed E-state index contributed by atoms with van der Waals surface area (Å²) in [5.41, 5.74) is 5.09. The van der Waals surface area contributed by atoms with Gasteiger partial charge in [-0.05, 0) is 48.7 Å². The van der Waals surface area contributed by atoms with Crippen LogP contribution in [0.2, 0.25) is 0 Å². The molecule has 0 saturated carbocycles. The third kappa shape index (κ3) is 6.42. The van der Waals surface area contributed by atoms with Gasteiger partial charge in [-0.1, -0.05) is 60.7 Å². The first-order valence-electron chi connectivity index (χ1n) is 12.2. The van der Waals surface area contributed by atoms with Crippen LogP contribution in [0.15, 0.2) is 66.7 Å². The number of amides is 1. The molecule has 0 radical (unpaired) electrons. The zero-order valence-electron chi connectivity index (χ0n) is 21.1. The van der Waals surface area contributed by atoms with Crippen LogP contribution in [0, 0.1) is 13.8 Å². The van der Waals surface area contributed by atoms with E-state index in [2.05, 4.69) is 39.4 Å². The quantitative estimate of drug-likeness (QED) is 0.445. The second-order valence-corrected chi connectivity index (χ2v) is 9.41. The Bertz CT molecular complexity index is 1190. The van der Waals surface area contributed by atoms with Crippen molar-refractivity contribution in [2.45, 2.75) is 20.4 Å². The molecular weight excluding hydrogens is 470 g/mol. The van der Waals surface area contributed by atoms with Gasteiger partial charge in [0.15, 0.2) is 18.1 Å². The summed E-state index contributed by atoms with van der Waals surface area (Å²) in [6.45, 7) is 8.46. The van der Waals surface area contributed by atoms with Crippen molar-refractivity contribution in [1.29, 1.82) is 0 Å². The van der Waals surface area contributed by atoms with Crippen LogP contribution in [-0.4, -0.2) is 60.6 Å². The third-order valence-electron chi connectivity index (χ3n) is 6.42. The maximum Gasteiger partial charge on any atom is 0.262 e. The normalized spacial score (nSPS) is 13.8. The molecule has 4 rings (SSSR count). The van der Waals surface area contributed by atoms with Crippen LogP contribution in [0.25, 0.3) is 0 Å². The Morgan fingerprint density at radius 3 is 2.28 bits per heavy atom. The van der Waals surface area contributed by atoms with Gasteiger partial charge in [-0.3, -0.25) is 9.69 Å². The lowest BCUT2D eigenvalue weighted by Crippen LogP contribution is -2.48. The van der Waals surface area contributed by atoms with Crippen LogP contribution < -0.4 is 14.8 Å². The van der Waals surface area contributed by atoms with Crippen molar-refractivity contribution >= 4 is 28.8 Å². The van der Waals surface area contributed by atoms with Gasteiger partial charge < -0.3 is 19.7 Å². The number of anilines is 1. The third-order valence-corrected chi connectivity index (χ3v) is 6.92. The molecule has 0 bridgehead atoms. The molecule has 1 amide bonds. The number of piperazine rings is 1. The Morgan fingerprint density at radius 2 is 1.61 bits per heavy atom. The molecular formula is C29H33N3O3S. The Hall–Kier alpha value is -3.42. The van der Waals surface area contributed by atoms with E-state index >= 15 is 0 Å². The van der Waals surface area contributed by atoms with Gasteiger partial charge in [0.2, 0.25) is 0 Å². The fourth-order valence-corrected chi connectivity index (χ4v) is 4.69. The van der Waals surface area contributed by atoms with Gasteiger partial charge in [0.05, 0.1) is 7.11 Å².